The SMILES string of the molecule is CC(Sc1nnc(-c2ccco2)o1)C(=O)Nc1ccc(Cl)cc1Cl. The lowest BCUT2D eigenvalue weighted by Gasteiger charge is -2.11. The zero-order valence-electron chi connectivity index (χ0n) is 12.3. The number of halogens is 2. The number of aromatic nitrogens is 2. The Kier molecular flexibility index (Phi) is 5.13. The number of hydrogen-bond acceptors (Lipinski definition) is 6. The quantitative estimate of drug-likeness (QED) is 0.639. The highest BCUT2D eigenvalue weighted by molar-refractivity contribution is 8.00. The zero-order valence-corrected chi connectivity index (χ0v) is 14.7. The molecule has 1 N–H and O–H groups in total. The van der Waals surface area contributed by atoms with Gasteiger partial charge in [0.05, 0.1) is 22.2 Å². The summed E-state index contributed by atoms with van der Waals surface area (Å²) < 4.78 is 10.6. The summed E-state index contributed by atoms with van der Waals surface area (Å²) in [6, 6.07) is 8.28. The number of nitrogens with zero attached hydrogens (tertiary/aromatic N) is 2. The third-order valence-electron chi connectivity index (χ3n) is 2.97. The fraction of sp³-hybridized carbons (Fsp3) is 0.133. The molecule has 6 nitrogen and oxygen atoms in total. The molecule has 0 aliphatic carbocycles. The van der Waals surface area contributed by atoms with Crippen LogP contribution in [0.15, 0.2) is 50.7 Å². The number of anilines is 1. The lowest BCUT2D eigenvalue weighted by Crippen LogP contribution is -2.22. The highest BCUT2D eigenvalue weighted by Crippen LogP contribution is 2.29. The fourth-order valence-electron chi connectivity index (χ4n) is 1.79. The van der Waals surface area contributed by atoms with Crippen LogP contribution in [-0.2, 0) is 4.79 Å². The minimum atomic E-state index is -0.471. The maximum absolute atomic E-state index is 12.3. The predicted molar refractivity (Wildman–Crippen MR) is 92.4 cm³/mol. The Labute approximate surface area is 151 Å². The van der Waals surface area contributed by atoms with Crippen LogP contribution in [0.4, 0.5) is 5.69 Å². The summed E-state index contributed by atoms with van der Waals surface area (Å²) in [5, 5.41) is 11.2. The van der Waals surface area contributed by atoms with Crippen LogP contribution < -0.4 is 5.32 Å². The van der Waals surface area contributed by atoms with Crippen LogP contribution >= 0.6 is 35.0 Å². The van der Waals surface area contributed by atoms with Gasteiger partial charge >= 0.3 is 0 Å². The van der Waals surface area contributed by atoms with Gasteiger partial charge in [-0.25, -0.2) is 0 Å². The summed E-state index contributed by atoms with van der Waals surface area (Å²) in [4.78, 5) is 12.3. The van der Waals surface area contributed by atoms with Gasteiger partial charge in [-0.3, -0.25) is 4.79 Å². The normalized spacial score (nSPS) is 12.1. The molecule has 1 atom stereocenters. The Morgan fingerprint density at radius 2 is 2.12 bits per heavy atom. The lowest BCUT2D eigenvalue weighted by atomic mass is 10.3. The molecule has 2 heterocycles. The van der Waals surface area contributed by atoms with Crippen LogP contribution in [0.5, 0.6) is 0 Å². The molecule has 1 amide bonds. The van der Waals surface area contributed by atoms with Crippen LogP contribution in [0.3, 0.4) is 0 Å². The third-order valence-corrected chi connectivity index (χ3v) is 4.46. The average Bonchev–Trinajstić information content (AvgIpc) is 3.20. The largest absolute Gasteiger partial charge is 0.459 e. The van der Waals surface area contributed by atoms with Crippen molar-refractivity contribution >= 4 is 46.6 Å². The van der Waals surface area contributed by atoms with Gasteiger partial charge in [0.25, 0.3) is 11.1 Å². The molecule has 9 heteroatoms. The van der Waals surface area contributed by atoms with Gasteiger partial charge in [-0.1, -0.05) is 35.0 Å². The lowest BCUT2D eigenvalue weighted by molar-refractivity contribution is -0.115. The van der Waals surface area contributed by atoms with Crippen LogP contribution in [0.1, 0.15) is 6.92 Å². The van der Waals surface area contributed by atoms with Crippen LogP contribution in [0.25, 0.3) is 11.7 Å². The van der Waals surface area contributed by atoms with Crippen molar-refractivity contribution < 1.29 is 13.6 Å². The summed E-state index contributed by atoms with van der Waals surface area (Å²) in [5.41, 5.74) is 0.486. The number of thioether (sulfide) groups is 1. The number of furan rings is 1. The zero-order chi connectivity index (χ0) is 17.1. The van der Waals surface area contributed by atoms with E-state index in [9.17, 15) is 4.79 Å². The van der Waals surface area contributed by atoms with E-state index in [1.54, 1.807) is 37.3 Å². The van der Waals surface area contributed by atoms with Gasteiger partial charge < -0.3 is 14.2 Å². The van der Waals surface area contributed by atoms with Crippen LogP contribution in [0, 0.1) is 0 Å². The predicted octanol–water partition coefficient (Wildman–Crippen LogP) is 4.76. The van der Waals surface area contributed by atoms with Gasteiger partial charge in [-0.2, -0.15) is 0 Å². The van der Waals surface area contributed by atoms with Crippen molar-refractivity contribution in [3.63, 3.8) is 0 Å². The maximum atomic E-state index is 12.3. The van der Waals surface area contributed by atoms with Gasteiger partial charge in [0, 0.05) is 5.02 Å². The van der Waals surface area contributed by atoms with Crippen LogP contribution in [0.2, 0.25) is 10.0 Å². The molecule has 2 aromatic heterocycles. The smallest absolute Gasteiger partial charge is 0.284 e. The molecule has 0 radical (unpaired) electrons. The monoisotopic (exact) mass is 383 g/mol. The minimum Gasteiger partial charge on any atom is -0.459 e. The molecule has 0 saturated carbocycles. The summed E-state index contributed by atoms with van der Waals surface area (Å²) >= 11 is 13.0. The van der Waals surface area contributed by atoms with Gasteiger partial charge in [0.15, 0.2) is 5.76 Å². The molecular weight excluding hydrogens is 373 g/mol. The Balaban J connectivity index is 1.64. The highest BCUT2D eigenvalue weighted by Gasteiger charge is 2.20. The summed E-state index contributed by atoms with van der Waals surface area (Å²) in [6.45, 7) is 1.72. The highest BCUT2D eigenvalue weighted by atomic mass is 35.5. The molecule has 24 heavy (non-hydrogen) atoms. The van der Waals surface area contributed by atoms with E-state index in [0.717, 1.165) is 11.8 Å². The van der Waals surface area contributed by atoms with Gasteiger partial charge in [-0.05, 0) is 37.3 Å². The van der Waals surface area contributed by atoms with E-state index in [-0.39, 0.29) is 17.0 Å². The first-order valence-electron chi connectivity index (χ1n) is 6.83. The van der Waals surface area contributed by atoms with E-state index in [2.05, 4.69) is 15.5 Å². The van der Waals surface area contributed by atoms with Gasteiger partial charge in [-0.15, -0.1) is 10.2 Å². The van der Waals surface area contributed by atoms with E-state index >= 15 is 0 Å². The average molecular weight is 384 g/mol. The fourth-order valence-corrected chi connectivity index (χ4v) is 2.93. The molecule has 0 spiro atoms. The molecule has 0 saturated heterocycles. The van der Waals surface area contributed by atoms with E-state index in [0.29, 0.717) is 21.5 Å². The van der Waals surface area contributed by atoms with Crippen molar-refractivity contribution in [2.75, 3.05) is 5.32 Å². The van der Waals surface area contributed by atoms with Crippen molar-refractivity contribution in [1.82, 2.24) is 10.2 Å². The van der Waals surface area contributed by atoms with Crippen LogP contribution in [-0.4, -0.2) is 21.4 Å². The Bertz CT molecular complexity index is 852. The first-order valence-corrected chi connectivity index (χ1v) is 8.46. The minimum absolute atomic E-state index is 0.248. The molecule has 124 valence electrons. The standard InChI is InChI=1S/C15H11Cl2N3O3S/c1-8(13(21)18-11-5-4-9(16)7-10(11)17)24-15-20-19-14(23-15)12-3-2-6-22-12/h2-8H,1H3,(H,18,21). The number of benzene rings is 1. The molecule has 1 aromatic carbocycles. The third kappa shape index (κ3) is 3.92. The first-order chi connectivity index (χ1) is 11.5. The number of amides is 1. The topological polar surface area (TPSA) is 81.2 Å². The second kappa shape index (κ2) is 7.29. The van der Waals surface area contributed by atoms with E-state index in [1.807, 2.05) is 0 Å². The number of carbonyl (C=O) groups excluding carboxylic acids is 1. The number of rotatable bonds is 5. The van der Waals surface area contributed by atoms with E-state index in [1.165, 1.54) is 6.26 Å². The molecule has 0 fully saturated rings. The van der Waals surface area contributed by atoms with E-state index in [4.69, 9.17) is 32.0 Å². The molecule has 0 aliphatic heterocycles. The van der Waals surface area contributed by atoms with Gasteiger partial charge in [0.2, 0.25) is 5.91 Å². The maximum Gasteiger partial charge on any atom is 0.284 e. The summed E-state index contributed by atoms with van der Waals surface area (Å²) in [5.74, 6) is 0.484. The number of hydrogen-bond donors (Lipinski definition) is 1. The molecule has 1 unspecified atom stereocenters. The number of carbonyl (C=O) groups is 1. The summed E-state index contributed by atoms with van der Waals surface area (Å²) in [7, 11) is 0. The molecule has 3 rings (SSSR count). The van der Waals surface area contributed by atoms with Crippen molar-refractivity contribution in [3.8, 4) is 11.7 Å². The Hall–Kier alpha value is -1.96. The molecule has 3 aromatic rings. The van der Waals surface area contributed by atoms with Crippen molar-refractivity contribution in [1.29, 1.82) is 0 Å². The van der Waals surface area contributed by atoms with Gasteiger partial charge in [0.1, 0.15) is 0 Å². The number of nitrogens with one attached hydrogen (secondary N) is 1. The van der Waals surface area contributed by atoms with Crippen molar-refractivity contribution in [2.24, 2.45) is 0 Å². The van der Waals surface area contributed by atoms with Crippen molar-refractivity contribution in [3.05, 3.63) is 46.6 Å². The molecule has 0 bridgehead atoms. The molecular formula is C15H11Cl2N3O3S. The Morgan fingerprint density at radius 3 is 2.83 bits per heavy atom. The summed E-state index contributed by atoms with van der Waals surface area (Å²) in [6.07, 6.45) is 1.51. The van der Waals surface area contributed by atoms with Crippen molar-refractivity contribution in [2.45, 2.75) is 17.4 Å². The Morgan fingerprint density at radius 1 is 1.29 bits per heavy atom. The first kappa shape index (κ1) is 16.9. The second-order valence-corrected chi connectivity index (χ2v) is 6.86. The molecule has 0 aliphatic rings. The second-order valence-electron chi connectivity index (χ2n) is 4.72. The van der Waals surface area contributed by atoms with E-state index < -0.39 is 5.25 Å².